The van der Waals surface area contributed by atoms with Gasteiger partial charge in [-0.05, 0) is 260 Å². The predicted molar refractivity (Wildman–Crippen MR) is 425 cm³/mol. The Balaban J connectivity index is 0.000000123. The summed E-state index contributed by atoms with van der Waals surface area (Å²) in [5, 5.41) is 4.83. The van der Waals surface area contributed by atoms with Gasteiger partial charge in [0.15, 0.2) is 5.82 Å². The highest BCUT2D eigenvalue weighted by atomic mass is 15.0. The Bertz CT molecular complexity index is 5190. The lowest BCUT2D eigenvalue weighted by Crippen LogP contribution is -2.32. The Kier molecular flexibility index (Phi) is 20.4. The zero-order valence-electron chi connectivity index (χ0n) is 62.6. The van der Waals surface area contributed by atoms with E-state index in [2.05, 4.69) is 346 Å². The summed E-state index contributed by atoms with van der Waals surface area (Å²) in [6, 6.07) is 69.7. The molecule has 0 fully saturated rings. The molecule has 11 heteroatoms. The number of fused-ring (bicyclic) bond motifs is 4. The van der Waals surface area contributed by atoms with Gasteiger partial charge in [-0.3, -0.25) is 15.0 Å². The third-order valence-corrected chi connectivity index (χ3v) is 20.6. The number of nitrogens with zero attached hydrogens (tertiary/aromatic N) is 11. The fraction of sp³-hybridized carbons (Fsp3) is 0.172. The zero-order chi connectivity index (χ0) is 73.0. The van der Waals surface area contributed by atoms with Gasteiger partial charge < -0.3 is 0 Å². The molecule has 104 heavy (non-hydrogen) atoms. The second-order valence-electron chi connectivity index (χ2n) is 27.7. The van der Waals surface area contributed by atoms with Gasteiger partial charge in [-0.2, -0.15) is 18.3 Å². The summed E-state index contributed by atoms with van der Waals surface area (Å²) in [6.07, 6.45) is 15.8. The maximum atomic E-state index is 4.41. The number of aromatic nitrogens is 11. The van der Waals surface area contributed by atoms with E-state index in [9.17, 15) is 0 Å². The van der Waals surface area contributed by atoms with E-state index in [4.69, 9.17) is 0 Å². The SMILES string of the molecule is Cc1cc(C)c(C)c(-c2ccc3cc(-c4ccncc4)ccc3[n+]2C)c1.Cc1cc(C)c(C)c(-c2ccc3cc(-c4ccncn4)ccc3[n+]2C)c1.Cc1cc(C)c(C)c(-c2ccc3cc(-c4cnccn4)ccc3[n+]2C)c1.Cc1cc(C)c(C)c(-c2ccc3cc(-c4ncccn4)ccc3[n+]2C)c1. The molecule has 8 aromatic carbocycles. The molecule has 16 aromatic rings. The fourth-order valence-electron chi connectivity index (χ4n) is 14.5. The van der Waals surface area contributed by atoms with Crippen molar-refractivity contribution in [2.45, 2.75) is 83.1 Å². The van der Waals surface area contributed by atoms with Crippen LogP contribution in [0.4, 0.5) is 0 Å². The first-order chi connectivity index (χ1) is 50.2. The van der Waals surface area contributed by atoms with Crippen molar-refractivity contribution in [1.29, 1.82) is 0 Å². The lowest BCUT2D eigenvalue weighted by atomic mass is 9.96. The van der Waals surface area contributed by atoms with Crippen LogP contribution >= 0.6 is 0 Å². The molecular formula is C93H89N11+4. The topological polar surface area (TPSA) is 106 Å². The molecule has 0 saturated carbocycles. The third-order valence-electron chi connectivity index (χ3n) is 20.6. The van der Waals surface area contributed by atoms with Crippen molar-refractivity contribution in [2.75, 3.05) is 0 Å². The molecule has 0 radical (unpaired) electrons. The molecule has 0 aliphatic carbocycles. The fourth-order valence-corrected chi connectivity index (χ4v) is 14.5. The van der Waals surface area contributed by atoms with Crippen LogP contribution in [0.2, 0.25) is 0 Å². The maximum absolute atomic E-state index is 4.41. The van der Waals surface area contributed by atoms with E-state index < -0.39 is 0 Å². The van der Waals surface area contributed by atoms with Crippen molar-refractivity contribution in [1.82, 2.24) is 34.9 Å². The summed E-state index contributed by atoms with van der Waals surface area (Å²) in [4.78, 5) is 29.8. The minimum absolute atomic E-state index is 0.756. The number of hydrogen-bond donors (Lipinski definition) is 0. The average Bonchev–Trinajstić information content (AvgIpc) is 0.791. The summed E-state index contributed by atoms with van der Waals surface area (Å²) < 4.78 is 9.12. The van der Waals surface area contributed by atoms with E-state index in [-0.39, 0.29) is 0 Å². The number of pyridine rings is 5. The van der Waals surface area contributed by atoms with Crippen molar-refractivity contribution in [3.8, 4) is 90.1 Å². The Morgan fingerprint density at radius 1 is 0.250 bits per heavy atom. The first-order valence-electron chi connectivity index (χ1n) is 35.4. The highest BCUT2D eigenvalue weighted by molar-refractivity contribution is 5.87. The summed E-state index contributed by atoms with van der Waals surface area (Å²) in [5.74, 6) is 0.756. The molecule has 0 aliphatic rings. The molecule has 0 N–H and O–H groups in total. The van der Waals surface area contributed by atoms with Gasteiger partial charge in [-0.1, -0.05) is 46.5 Å². The van der Waals surface area contributed by atoms with Crippen LogP contribution in [-0.2, 0) is 28.2 Å². The van der Waals surface area contributed by atoms with Crippen LogP contribution in [0.15, 0.2) is 250 Å². The summed E-state index contributed by atoms with van der Waals surface area (Å²) in [5.41, 5.74) is 38.3. The number of rotatable bonds is 8. The van der Waals surface area contributed by atoms with E-state index >= 15 is 0 Å². The third kappa shape index (κ3) is 14.7. The van der Waals surface area contributed by atoms with Crippen LogP contribution in [0.3, 0.4) is 0 Å². The molecule has 0 unspecified atom stereocenters. The lowest BCUT2D eigenvalue weighted by molar-refractivity contribution is -0.633. The summed E-state index contributed by atoms with van der Waals surface area (Å²) in [7, 11) is 8.56. The van der Waals surface area contributed by atoms with Gasteiger partial charge in [0, 0.05) is 152 Å². The second kappa shape index (κ2) is 30.2. The molecule has 8 aromatic heterocycles. The molecule has 0 aliphatic heterocycles. The Morgan fingerprint density at radius 3 is 0.981 bits per heavy atom. The van der Waals surface area contributed by atoms with Crippen LogP contribution in [-0.4, -0.2) is 34.9 Å². The van der Waals surface area contributed by atoms with Crippen LogP contribution in [0.5, 0.6) is 0 Å². The standard InChI is InChI=1S/C24H23N2.3C23H22N3/c1-16-13-17(2)18(3)22(14-16)24-8-6-21-15-20(5-7-23(21)26(24)4)19-9-11-25-12-10-19;1-15-12-16(2)17(3)20(13-15)22-9-6-18-14-19(7-8-21(18)26(22)4)23-24-10-5-11-25-23;1-15-11-16(2)17(3)20(12-15)23-8-6-19-13-18(5-7-22(19)26(23)4)21-14-24-9-10-25-21;1-15-11-16(2)17(3)20(12-15)23-8-6-19-13-18(5-7-22(19)26(23)4)21-9-10-24-14-25-21/h5-15H,1-4H3;3*5-14H,1-4H3/q4*+1. The predicted octanol–water partition coefficient (Wildman–Crippen LogP) is 19.5. The van der Waals surface area contributed by atoms with E-state index in [1.54, 1.807) is 43.5 Å². The van der Waals surface area contributed by atoms with Crippen molar-refractivity contribution in [3.63, 3.8) is 0 Å². The molecule has 0 spiro atoms. The van der Waals surface area contributed by atoms with Gasteiger partial charge >= 0.3 is 0 Å². The minimum Gasteiger partial charge on any atom is -0.265 e. The zero-order valence-corrected chi connectivity index (χ0v) is 62.6. The van der Waals surface area contributed by atoms with Crippen LogP contribution in [0, 0.1) is 83.1 Å². The first-order valence-corrected chi connectivity index (χ1v) is 35.4. The Labute approximate surface area is 611 Å². The van der Waals surface area contributed by atoms with Gasteiger partial charge in [-0.25, -0.2) is 19.9 Å². The largest absolute Gasteiger partial charge is 0.265 e. The monoisotopic (exact) mass is 1360 g/mol. The highest BCUT2D eigenvalue weighted by Crippen LogP contribution is 2.34. The van der Waals surface area contributed by atoms with E-state index in [0.717, 1.165) is 33.9 Å². The van der Waals surface area contributed by atoms with E-state index in [1.807, 2.05) is 24.5 Å². The van der Waals surface area contributed by atoms with Gasteiger partial charge in [-0.15, -0.1) is 0 Å². The maximum Gasteiger partial charge on any atom is 0.213 e. The number of benzene rings is 8. The minimum atomic E-state index is 0.756. The highest BCUT2D eigenvalue weighted by Gasteiger charge is 2.23. The second-order valence-corrected chi connectivity index (χ2v) is 27.7. The van der Waals surface area contributed by atoms with Crippen molar-refractivity contribution < 1.29 is 18.3 Å². The van der Waals surface area contributed by atoms with E-state index in [1.165, 1.54) is 167 Å². The molecular weight excluding hydrogens is 1270 g/mol. The van der Waals surface area contributed by atoms with Crippen molar-refractivity contribution in [3.05, 3.63) is 317 Å². The summed E-state index contributed by atoms with van der Waals surface area (Å²) in [6.45, 7) is 26.2. The Morgan fingerprint density at radius 2 is 0.606 bits per heavy atom. The van der Waals surface area contributed by atoms with E-state index in [0.29, 0.717) is 0 Å². The van der Waals surface area contributed by atoms with Crippen molar-refractivity contribution in [2.24, 2.45) is 28.2 Å². The molecule has 8 heterocycles. The van der Waals surface area contributed by atoms with Crippen molar-refractivity contribution >= 4 is 43.6 Å². The lowest BCUT2D eigenvalue weighted by Gasteiger charge is -2.11. The van der Waals surface area contributed by atoms with Gasteiger partial charge in [0.1, 0.15) is 34.5 Å². The van der Waals surface area contributed by atoms with Crippen LogP contribution in [0.1, 0.15) is 66.8 Å². The number of aryl methyl sites for hydroxylation is 12. The molecule has 512 valence electrons. The first kappa shape index (κ1) is 70.2. The molecule has 0 amide bonds. The van der Waals surface area contributed by atoms with Gasteiger partial charge in [0.05, 0.1) is 17.6 Å². The van der Waals surface area contributed by atoms with Gasteiger partial charge in [0.2, 0.25) is 44.8 Å². The van der Waals surface area contributed by atoms with Crippen LogP contribution < -0.4 is 18.3 Å². The number of hydrogen-bond acceptors (Lipinski definition) is 7. The smallest absolute Gasteiger partial charge is 0.213 e. The quantitative estimate of drug-likeness (QED) is 0.140. The molecule has 0 atom stereocenters. The normalized spacial score (nSPS) is 11.1. The Hall–Kier alpha value is -12.2. The molecule has 0 bridgehead atoms. The van der Waals surface area contributed by atoms with Gasteiger partial charge in [0.25, 0.3) is 0 Å². The average molecular weight is 1360 g/mol. The molecule has 11 nitrogen and oxygen atoms in total. The van der Waals surface area contributed by atoms with Crippen LogP contribution in [0.25, 0.3) is 134 Å². The molecule has 0 saturated heterocycles. The summed E-state index contributed by atoms with van der Waals surface area (Å²) >= 11 is 0. The molecule has 16 rings (SSSR count).